The van der Waals surface area contributed by atoms with Crippen LogP contribution in [0.1, 0.15) is 30.9 Å². The molecule has 1 atom stereocenters. The zero-order valence-electron chi connectivity index (χ0n) is 20.7. The van der Waals surface area contributed by atoms with Gasteiger partial charge >= 0.3 is 6.03 Å². The molecular weight excluding hydrogens is 460 g/mol. The minimum Gasteiger partial charge on any atom is -0.497 e. The van der Waals surface area contributed by atoms with Gasteiger partial charge in [0.1, 0.15) is 17.8 Å². The van der Waals surface area contributed by atoms with Crippen molar-refractivity contribution in [2.24, 2.45) is 0 Å². The predicted octanol–water partition coefficient (Wildman–Crippen LogP) is 2.16. The average molecular weight is 493 g/mol. The van der Waals surface area contributed by atoms with E-state index in [0.717, 1.165) is 17.7 Å². The van der Waals surface area contributed by atoms with Crippen molar-refractivity contribution in [1.29, 1.82) is 0 Å². The van der Waals surface area contributed by atoms with Gasteiger partial charge in [0.05, 0.1) is 7.11 Å². The SMILES string of the molecule is COc1ccc(C2(C)NC(=O)N(CC(=O)N3CCN(C(=O)CCCc4ccccc4)CC3)C2=O)cc1. The first-order chi connectivity index (χ1) is 17.3. The van der Waals surface area contributed by atoms with Gasteiger partial charge in [-0.15, -0.1) is 0 Å². The normalized spacial score (nSPS) is 19.9. The van der Waals surface area contributed by atoms with Crippen LogP contribution in [0.4, 0.5) is 4.79 Å². The number of carbonyl (C=O) groups excluding carboxylic acids is 4. The van der Waals surface area contributed by atoms with Gasteiger partial charge in [0.15, 0.2) is 0 Å². The predicted molar refractivity (Wildman–Crippen MR) is 133 cm³/mol. The lowest BCUT2D eigenvalue weighted by Gasteiger charge is -2.35. The summed E-state index contributed by atoms with van der Waals surface area (Å²) in [4.78, 5) is 55.6. The van der Waals surface area contributed by atoms with E-state index in [1.807, 2.05) is 18.2 Å². The van der Waals surface area contributed by atoms with E-state index < -0.39 is 17.5 Å². The average Bonchev–Trinajstić information content (AvgIpc) is 3.13. The molecule has 0 bridgehead atoms. The summed E-state index contributed by atoms with van der Waals surface area (Å²) < 4.78 is 5.16. The summed E-state index contributed by atoms with van der Waals surface area (Å²) in [6, 6.07) is 16.3. The molecule has 4 rings (SSSR count). The van der Waals surface area contributed by atoms with Crippen LogP contribution < -0.4 is 10.1 Å². The fraction of sp³-hybridized carbons (Fsp3) is 0.407. The van der Waals surface area contributed by atoms with E-state index in [0.29, 0.717) is 43.9 Å². The van der Waals surface area contributed by atoms with Gasteiger partial charge in [-0.25, -0.2) is 4.79 Å². The van der Waals surface area contributed by atoms with Crippen molar-refractivity contribution in [2.75, 3.05) is 39.8 Å². The minimum absolute atomic E-state index is 0.0855. The molecule has 0 aromatic heterocycles. The highest BCUT2D eigenvalue weighted by Crippen LogP contribution is 2.30. The van der Waals surface area contributed by atoms with Gasteiger partial charge in [-0.2, -0.15) is 0 Å². The Bertz CT molecular complexity index is 1110. The van der Waals surface area contributed by atoms with E-state index >= 15 is 0 Å². The van der Waals surface area contributed by atoms with Gasteiger partial charge in [0.25, 0.3) is 5.91 Å². The fourth-order valence-electron chi connectivity index (χ4n) is 4.65. The number of hydrogen-bond acceptors (Lipinski definition) is 5. The maximum atomic E-state index is 13.1. The third-order valence-corrected chi connectivity index (χ3v) is 6.92. The quantitative estimate of drug-likeness (QED) is 0.570. The number of nitrogens with one attached hydrogen (secondary N) is 1. The van der Waals surface area contributed by atoms with E-state index in [9.17, 15) is 19.2 Å². The first-order valence-corrected chi connectivity index (χ1v) is 12.2. The standard InChI is InChI=1S/C27H32N4O5/c1-27(21-11-13-22(36-2)14-12-21)25(34)31(26(35)28-27)19-24(33)30-17-15-29(16-18-30)23(32)10-6-9-20-7-4-3-5-8-20/h3-5,7-8,11-14H,6,9-10,15-19H2,1-2H3,(H,28,35). The van der Waals surface area contributed by atoms with Crippen molar-refractivity contribution in [3.63, 3.8) is 0 Å². The molecule has 0 saturated carbocycles. The minimum atomic E-state index is -1.26. The van der Waals surface area contributed by atoms with Crippen molar-refractivity contribution in [3.8, 4) is 5.75 Å². The third kappa shape index (κ3) is 5.35. The second kappa shape index (κ2) is 10.8. The van der Waals surface area contributed by atoms with Crippen LogP contribution in [0.25, 0.3) is 0 Å². The first kappa shape index (κ1) is 25.2. The van der Waals surface area contributed by atoms with Gasteiger partial charge < -0.3 is 19.9 Å². The van der Waals surface area contributed by atoms with Gasteiger partial charge in [-0.05, 0) is 43.0 Å². The summed E-state index contributed by atoms with van der Waals surface area (Å²) in [6.45, 7) is 2.94. The number of nitrogens with zero attached hydrogens (tertiary/aromatic N) is 3. The molecule has 9 nitrogen and oxygen atoms in total. The van der Waals surface area contributed by atoms with Crippen LogP contribution in [0, 0.1) is 0 Å². The Balaban J connectivity index is 1.26. The lowest BCUT2D eigenvalue weighted by atomic mass is 9.92. The monoisotopic (exact) mass is 492 g/mol. The Morgan fingerprint density at radius 1 is 0.917 bits per heavy atom. The van der Waals surface area contributed by atoms with Gasteiger partial charge in [-0.3, -0.25) is 19.3 Å². The molecule has 0 aliphatic carbocycles. The van der Waals surface area contributed by atoms with Crippen molar-refractivity contribution in [2.45, 2.75) is 31.7 Å². The highest BCUT2D eigenvalue weighted by Gasteiger charge is 2.49. The number of carbonyl (C=O) groups is 4. The Morgan fingerprint density at radius 2 is 1.53 bits per heavy atom. The maximum absolute atomic E-state index is 13.1. The Morgan fingerprint density at radius 3 is 2.14 bits per heavy atom. The molecule has 2 saturated heterocycles. The highest BCUT2D eigenvalue weighted by atomic mass is 16.5. The number of imide groups is 1. The molecule has 2 aliphatic heterocycles. The van der Waals surface area contributed by atoms with Crippen molar-refractivity contribution < 1.29 is 23.9 Å². The Hall–Kier alpha value is -3.88. The Kier molecular flexibility index (Phi) is 7.57. The molecule has 9 heteroatoms. The number of hydrogen-bond donors (Lipinski definition) is 1. The molecule has 2 heterocycles. The molecule has 1 N–H and O–H groups in total. The summed E-state index contributed by atoms with van der Waals surface area (Å²) in [5, 5.41) is 2.72. The van der Waals surface area contributed by atoms with E-state index in [4.69, 9.17) is 4.74 Å². The Labute approximate surface area is 211 Å². The molecule has 5 amide bonds. The lowest BCUT2D eigenvalue weighted by Crippen LogP contribution is -2.53. The molecule has 2 aliphatic rings. The summed E-state index contributed by atoms with van der Waals surface area (Å²) in [5.74, 6) is -0.0609. The summed E-state index contributed by atoms with van der Waals surface area (Å²) in [5.41, 5.74) is 0.564. The van der Waals surface area contributed by atoms with Crippen LogP contribution in [0.2, 0.25) is 0 Å². The van der Waals surface area contributed by atoms with Crippen molar-refractivity contribution >= 4 is 23.8 Å². The number of piperazine rings is 1. The van der Waals surface area contributed by atoms with Gasteiger partial charge in [-0.1, -0.05) is 42.5 Å². The summed E-state index contributed by atoms with van der Waals surface area (Å²) in [7, 11) is 1.55. The molecule has 2 fully saturated rings. The zero-order chi connectivity index (χ0) is 25.7. The second-order valence-corrected chi connectivity index (χ2v) is 9.28. The third-order valence-electron chi connectivity index (χ3n) is 6.92. The second-order valence-electron chi connectivity index (χ2n) is 9.28. The highest BCUT2D eigenvalue weighted by molar-refractivity contribution is 6.09. The van der Waals surface area contributed by atoms with Crippen LogP contribution in [-0.2, 0) is 26.3 Å². The van der Waals surface area contributed by atoms with Crippen LogP contribution in [-0.4, -0.2) is 78.3 Å². The number of benzene rings is 2. The molecule has 36 heavy (non-hydrogen) atoms. The van der Waals surface area contributed by atoms with E-state index in [1.54, 1.807) is 48.1 Å². The number of aryl methyl sites for hydroxylation is 1. The molecular formula is C27H32N4O5. The van der Waals surface area contributed by atoms with E-state index in [1.165, 1.54) is 5.56 Å². The van der Waals surface area contributed by atoms with Gasteiger partial charge in [0, 0.05) is 32.6 Å². The molecule has 1 unspecified atom stereocenters. The number of urea groups is 1. The van der Waals surface area contributed by atoms with E-state index in [2.05, 4.69) is 17.4 Å². The number of methoxy groups -OCH3 is 1. The number of rotatable bonds is 8. The molecule has 2 aromatic rings. The summed E-state index contributed by atoms with van der Waals surface area (Å²) in [6.07, 6.45) is 2.10. The summed E-state index contributed by atoms with van der Waals surface area (Å²) >= 11 is 0. The van der Waals surface area contributed by atoms with Crippen LogP contribution in [0.5, 0.6) is 5.75 Å². The molecule has 0 spiro atoms. The number of ether oxygens (including phenoxy) is 1. The van der Waals surface area contributed by atoms with Crippen LogP contribution in [0.15, 0.2) is 54.6 Å². The first-order valence-electron chi connectivity index (χ1n) is 12.2. The van der Waals surface area contributed by atoms with Gasteiger partial charge in [0.2, 0.25) is 11.8 Å². The van der Waals surface area contributed by atoms with E-state index in [-0.39, 0.29) is 18.4 Å². The maximum Gasteiger partial charge on any atom is 0.325 e. The smallest absolute Gasteiger partial charge is 0.325 e. The molecule has 190 valence electrons. The lowest BCUT2D eigenvalue weighted by molar-refractivity contribution is -0.142. The van der Waals surface area contributed by atoms with Crippen molar-refractivity contribution in [1.82, 2.24) is 20.0 Å². The molecule has 2 aromatic carbocycles. The van der Waals surface area contributed by atoms with Crippen LogP contribution in [0.3, 0.4) is 0 Å². The fourth-order valence-corrected chi connectivity index (χ4v) is 4.65. The molecule has 0 radical (unpaired) electrons. The largest absolute Gasteiger partial charge is 0.497 e. The van der Waals surface area contributed by atoms with Crippen LogP contribution >= 0.6 is 0 Å². The van der Waals surface area contributed by atoms with Crippen molar-refractivity contribution in [3.05, 3.63) is 65.7 Å². The number of amides is 5. The topological polar surface area (TPSA) is 99.3 Å². The zero-order valence-corrected chi connectivity index (χ0v) is 20.7.